The van der Waals surface area contributed by atoms with Crippen molar-refractivity contribution in [2.24, 2.45) is 0 Å². The third kappa shape index (κ3) is 5.75. The number of amides is 2. The molecular weight excluding hydrogens is 204 g/mol. The minimum atomic E-state index is -0.0702. The number of carbonyl (C=O) groups excluding carboxylic acids is 1. The number of urea groups is 1. The SMILES string of the molecule is C=CCCOCCNC(=O)NC1CCCC1. The van der Waals surface area contributed by atoms with Crippen molar-refractivity contribution in [1.82, 2.24) is 10.6 Å². The second kappa shape index (κ2) is 8.16. The van der Waals surface area contributed by atoms with Crippen molar-refractivity contribution in [2.45, 2.75) is 38.1 Å². The molecular formula is C12H22N2O2. The summed E-state index contributed by atoms with van der Waals surface area (Å²) in [5.41, 5.74) is 0. The van der Waals surface area contributed by atoms with Crippen LogP contribution in [0.3, 0.4) is 0 Å². The normalized spacial score (nSPS) is 16.0. The molecule has 0 heterocycles. The molecule has 0 aromatic rings. The fourth-order valence-corrected chi connectivity index (χ4v) is 1.81. The van der Waals surface area contributed by atoms with Gasteiger partial charge in [-0.3, -0.25) is 0 Å². The van der Waals surface area contributed by atoms with Gasteiger partial charge in [-0.2, -0.15) is 0 Å². The number of ether oxygens (including phenoxy) is 1. The molecule has 1 aliphatic carbocycles. The number of carbonyl (C=O) groups is 1. The van der Waals surface area contributed by atoms with E-state index < -0.39 is 0 Å². The Morgan fingerprint density at radius 3 is 2.81 bits per heavy atom. The molecule has 0 aliphatic heterocycles. The van der Waals surface area contributed by atoms with E-state index in [1.807, 2.05) is 6.08 Å². The zero-order chi connectivity index (χ0) is 11.6. The minimum Gasteiger partial charge on any atom is -0.379 e. The summed E-state index contributed by atoms with van der Waals surface area (Å²) in [6, 6.07) is 0.306. The molecule has 1 fully saturated rings. The zero-order valence-electron chi connectivity index (χ0n) is 9.84. The molecule has 0 bridgehead atoms. The fourth-order valence-electron chi connectivity index (χ4n) is 1.81. The van der Waals surface area contributed by atoms with Crippen LogP contribution in [0, 0.1) is 0 Å². The van der Waals surface area contributed by atoms with Crippen LogP contribution in [-0.2, 0) is 4.74 Å². The summed E-state index contributed by atoms with van der Waals surface area (Å²) in [5.74, 6) is 0. The lowest BCUT2D eigenvalue weighted by Crippen LogP contribution is -2.42. The van der Waals surface area contributed by atoms with Crippen LogP contribution in [0.2, 0.25) is 0 Å². The summed E-state index contributed by atoms with van der Waals surface area (Å²) < 4.78 is 5.28. The Morgan fingerprint density at radius 2 is 2.12 bits per heavy atom. The van der Waals surface area contributed by atoms with Crippen LogP contribution in [0.1, 0.15) is 32.1 Å². The molecule has 0 atom stereocenters. The van der Waals surface area contributed by atoms with Crippen molar-refractivity contribution in [1.29, 1.82) is 0 Å². The Morgan fingerprint density at radius 1 is 1.38 bits per heavy atom. The second-order valence-electron chi connectivity index (χ2n) is 4.07. The van der Waals surface area contributed by atoms with Crippen molar-refractivity contribution >= 4 is 6.03 Å². The van der Waals surface area contributed by atoms with E-state index in [2.05, 4.69) is 17.2 Å². The highest BCUT2D eigenvalue weighted by Crippen LogP contribution is 2.17. The Kier molecular flexibility index (Phi) is 6.65. The second-order valence-corrected chi connectivity index (χ2v) is 4.07. The highest BCUT2D eigenvalue weighted by molar-refractivity contribution is 5.74. The first kappa shape index (κ1) is 13.0. The van der Waals surface area contributed by atoms with E-state index in [0.717, 1.165) is 19.3 Å². The largest absolute Gasteiger partial charge is 0.379 e. The molecule has 4 nitrogen and oxygen atoms in total. The van der Waals surface area contributed by atoms with Gasteiger partial charge in [0.25, 0.3) is 0 Å². The van der Waals surface area contributed by atoms with E-state index >= 15 is 0 Å². The molecule has 4 heteroatoms. The number of rotatable bonds is 7. The van der Waals surface area contributed by atoms with Gasteiger partial charge in [-0.1, -0.05) is 18.9 Å². The van der Waals surface area contributed by atoms with Crippen LogP contribution < -0.4 is 10.6 Å². The van der Waals surface area contributed by atoms with Gasteiger partial charge in [-0.05, 0) is 19.3 Å². The predicted molar refractivity (Wildman–Crippen MR) is 64.4 cm³/mol. The highest BCUT2D eigenvalue weighted by atomic mass is 16.5. The van der Waals surface area contributed by atoms with Gasteiger partial charge in [0.15, 0.2) is 0 Å². The van der Waals surface area contributed by atoms with Crippen molar-refractivity contribution in [2.75, 3.05) is 19.8 Å². The third-order valence-corrected chi connectivity index (χ3v) is 2.69. The molecule has 0 saturated heterocycles. The van der Waals surface area contributed by atoms with Crippen LogP contribution in [0.15, 0.2) is 12.7 Å². The highest BCUT2D eigenvalue weighted by Gasteiger charge is 2.16. The van der Waals surface area contributed by atoms with E-state index in [4.69, 9.17) is 4.74 Å². The van der Waals surface area contributed by atoms with Gasteiger partial charge in [0.1, 0.15) is 0 Å². The van der Waals surface area contributed by atoms with Crippen LogP contribution in [-0.4, -0.2) is 31.8 Å². The summed E-state index contributed by atoms with van der Waals surface area (Å²) in [4.78, 5) is 11.4. The summed E-state index contributed by atoms with van der Waals surface area (Å²) in [6.07, 6.45) is 7.37. The molecule has 0 unspecified atom stereocenters. The zero-order valence-corrected chi connectivity index (χ0v) is 9.84. The molecule has 2 amide bonds. The average molecular weight is 226 g/mol. The monoisotopic (exact) mass is 226 g/mol. The maximum Gasteiger partial charge on any atom is 0.315 e. The Hall–Kier alpha value is -1.03. The van der Waals surface area contributed by atoms with Gasteiger partial charge in [0, 0.05) is 12.6 Å². The molecule has 0 aromatic heterocycles. The molecule has 92 valence electrons. The number of hydrogen-bond donors (Lipinski definition) is 2. The fraction of sp³-hybridized carbons (Fsp3) is 0.750. The van der Waals surface area contributed by atoms with E-state index in [0.29, 0.717) is 25.8 Å². The molecule has 1 saturated carbocycles. The molecule has 1 rings (SSSR count). The molecule has 0 spiro atoms. The van der Waals surface area contributed by atoms with Gasteiger partial charge in [-0.25, -0.2) is 4.79 Å². The standard InChI is InChI=1S/C12H22N2O2/c1-2-3-9-16-10-8-13-12(15)14-11-6-4-5-7-11/h2,11H,1,3-10H2,(H2,13,14,15). The van der Waals surface area contributed by atoms with Gasteiger partial charge in [-0.15, -0.1) is 6.58 Å². The third-order valence-electron chi connectivity index (χ3n) is 2.69. The van der Waals surface area contributed by atoms with Gasteiger partial charge in [0.2, 0.25) is 0 Å². The maximum atomic E-state index is 11.4. The van der Waals surface area contributed by atoms with Crippen molar-refractivity contribution in [3.8, 4) is 0 Å². The van der Waals surface area contributed by atoms with Gasteiger partial charge >= 0.3 is 6.03 Å². The van der Waals surface area contributed by atoms with Crippen molar-refractivity contribution in [3.05, 3.63) is 12.7 Å². The topological polar surface area (TPSA) is 50.4 Å². The molecule has 0 radical (unpaired) electrons. The Labute approximate surface area is 97.4 Å². The van der Waals surface area contributed by atoms with E-state index in [1.54, 1.807) is 0 Å². The van der Waals surface area contributed by atoms with Crippen molar-refractivity contribution < 1.29 is 9.53 Å². The Balaban J connectivity index is 1.91. The summed E-state index contributed by atoms with van der Waals surface area (Å²) >= 11 is 0. The maximum absolute atomic E-state index is 11.4. The lowest BCUT2D eigenvalue weighted by Gasteiger charge is -2.12. The van der Waals surface area contributed by atoms with E-state index in [1.165, 1.54) is 12.8 Å². The molecule has 1 aliphatic rings. The van der Waals surface area contributed by atoms with Gasteiger partial charge < -0.3 is 15.4 Å². The average Bonchev–Trinajstić information content (AvgIpc) is 2.76. The van der Waals surface area contributed by atoms with Crippen LogP contribution in [0.25, 0.3) is 0 Å². The van der Waals surface area contributed by atoms with E-state index in [-0.39, 0.29) is 6.03 Å². The van der Waals surface area contributed by atoms with Crippen LogP contribution >= 0.6 is 0 Å². The predicted octanol–water partition coefficient (Wildman–Crippen LogP) is 1.82. The number of hydrogen-bond acceptors (Lipinski definition) is 2. The van der Waals surface area contributed by atoms with Crippen LogP contribution in [0.4, 0.5) is 4.79 Å². The summed E-state index contributed by atoms with van der Waals surface area (Å²) in [6.45, 7) is 5.41. The van der Waals surface area contributed by atoms with E-state index in [9.17, 15) is 4.79 Å². The first-order valence-electron chi connectivity index (χ1n) is 6.06. The lowest BCUT2D eigenvalue weighted by atomic mass is 10.3. The first-order valence-corrected chi connectivity index (χ1v) is 6.06. The molecule has 2 N–H and O–H groups in total. The minimum absolute atomic E-state index is 0.0702. The van der Waals surface area contributed by atoms with Gasteiger partial charge in [0.05, 0.1) is 13.2 Å². The summed E-state index contributed by atoms with van der Waals surface area (Å²) in [5, 5.41) is 5.74. The Bertz CT molecular complexity index is 213. The van der Waals surface area contributed by atoms with Crippen molar-refractivity contribution in [3.63, 3.8) is 0 Å². The smallest absolute Gasteiger partial charge is 0.315 e. The summed E-state index contributed by atoms with van der Waals surface area (Å²) in [7, 11) is 0. The quantitative estimate of drug-likeness (QED) is 0.514. The molecule has 16 heavy (non-hydrogen) atoms. The number of nitrogens with one attached hydrogen (secondary N) is 2. The van der Waals surface area contributed by atoms with Crippen LogP contribution in [0.5, 0.6) is 0 Å². The first-order chi connectivity index (χ1) is 7.83. The lowest BCUT2D eigenvalue weighted by molar-refractivity contribution is 0.141. The molecule has 0 aromatic carbocycles.